The number of aromatic nitrogens is 2. The average molecular weight is 249 g/mol. The molecule has 1 aliphatic heterocycles. The van der Waals surface area contributed by atoms with Crippen LogP contribution in [0.3, 0.4) is 0 Å². The third kappa shape index (κ3) is 2.34. The summed E-state index contributed by atoms with van der Waals surface area (Å²) in [4.78, 5) is 12.5. The van der Waals surface area contributed by atoms with Crippen molar-refractivity contribution in [2.24, 2.45) is 12.5 Å². The van der Waals surface area contributed by atoms with E-state index < -0.39 is 0 Å². The quantitative estimate of drug-likeness (QED) is 0.860. The van der Waals surface area contributed by atoms with Crippen LogP contribution < -0.4 is 5.32 Å². The van der Waals surface area contributed by atoms with Gasteiger partial charge in [0.15, 0.2) is 0 Å². The molecule has 1 atom stereocenters. The normalized spacial score (nSPS) is 23.5. The lowest BCUT2D eigenvalue weighted by atomic mass is 9.78. The molecule has 2 heterocycles. The highest BCUT2D eigenvalue weighted by Crippen LogP contribution is 2.31. The van der Waals surface area contributed by atoms with Gasteiger partial charge < -0.3 is 5.32 Å². The van der Waals surface area contributed by atoms with E-state index >= 15 is 0 Å². The van der Waals surface area contributed by atoms with Crippen molar-refractivity contribution in [1.82, 2.24) is 15.1 Å². The Balaban J connectivity index is 2.12. The first-order chi connectivity index (χ1) is 8.61. The molecule has 4 nitrogen and oxygen atoms in total. The summed E-state index contributed by atoms with van der Waals surface area (Å²) in [6.45, 7) is 6.00. The van der Waals surface area contributed by atoms with E-state index in [0.717, 1.165) is 43.7 Å². The minimum atomic E-state index is -0.142. The second-order valence-electron chi connectivity index (χ2n) is 5.26. The monoisotopic (exact) mass is 249 g/mol. The molecule has 0 radical (unpaired) electrons. The van der Waals surface area contributed by atoms with Gasteiger partial charge in [0.2, 0.25) is 0 Å². The van der Waals surface area contributed by atoms with E-state index in [1.807, 2.05) is 11.7 Å². The van der Waals surface area contributed by atoms with Crippen LogP contribution in [-0.2, 0) is 24.7 Å². The van der Waals surface area contributed by atoms with Crippen molar-refractivity contribution in [3.63, 3.8) is 0 Å². The summed E-state index contributed by atoms with van der Waals surface area (Å²) in [5.41, 5.74) is 1.96. The number of ketones is 1. The summed E-state index contributed by atoms with van der Waals surface area (Å²) in [6.07, 6.45) is 3.33. The summed E-state index contributed by atoms with van der Waals surface area (Å²) >= 11 is 0. The van der Waals surface area contributed by atoms with Crippen molar-refractivity contribution in [1.29, 1.82) is 0 Å². The average Bonchev–Trinajstić information content (AvgIpc) is 2.97. The van der Waals surface area contributed by atoms with Crippen molar-refractivity contribution >= 4 is 5.78 Å². The molecule has 18 heavy (non-hydrogen) atoms. The Hall–Kier alpha value is -1.16. The van der Waals surface area contributed by atoms with Crippen molar-refractivity contribution in [2.75, 3.05) is 13.1 Å². The molecular formula is C14H23N3O. The third-order valence-electron chi connectivity index (χ3n) is 4.24. The number of nitrogens with zero attached hydrogens (tertiary/aromatic N) is 2. The maximum Gasteiger partial charge on any atom is 0.146 e. The summed E-state index contributed by atoms with van der Waals surface area (Å²) < 4.78 is 1.85. The van der Waals surface area contributed by atoms with Gasteiger partial charge in [-0.25, -0.2) is 0 Å². The molecule has 1 aliphatic rings. The number of carbonyl (C=O) groups excluding carboxylic acids is 1. The number of carbonyl (C=O) groups is 1. The molecule has 0 amide bonds. The van der Waals surface area contributed by atoms with Gasteiger partial charge in [-0.3, -0.25) is 9.48 Å². The van der Waals surface area contributed by atoms with Crippen LogP contribution in [-0.4, -0.2) is 28.7 Å². The van der Waals surface area contributed by atoms with Crippen LogP contribution in [0.4, 0.5) is 0 Å². The number of aryl methyl sites for hydroxylation is 2. The van der Waals surface area contributed by atoms with Crippen LogP contribution in [0, 0.1) is 5.41 Å². The van der Waals surface area contributed by atoms with Crippen LogP contribution in [0.25, 0.3) is 0 Å². The van der Waals surface area contributed by atoms with E-state index in [0.29, 0.717) is 12.2 Å². The molecule has 100 valence electrons. The van der Waals surface area contributed by atoms with E-state index in [4.69, 9.17) is 0 Å². The third-order valence-corrected chi connectivity index (χ3v) is 4.24. The summed E-state index contributed by atoms with van der Waals surface area (Å²) in [7, 11) is 1.92. The topological polar surface area (TPSA) is 46.9 Å². The lowest BCUT2D eigenvalue weighted by Crippen LogP contribution is -2.34. The summed E-state index contributed by atoms with van der Waals surface area (Å²) in [6, 6.07) is 2.06. The zero-order valence-electron chi connectivity index (χ0n) is 11.6. The van der Waals surface area contributed by atoms with Gasteiger partial charge >= 0.3 is 0 Å². The second-order valence-corrected chi connectivity index (χ2v) is 5.26. The molecule has 1 saturated heterocycles. The molecule has 0 aromatic carbocycles. The molecule has 1 N–H and O–H groups in total. The second kappa shape index (κ2) is 5.22. The molecule has 2 rings (SSSR count). The minimum Gasteiger partial charge on any atom is -0.316 e. The van der Waals surface area contributed by atoms with Gasteiger partial charge in [-0.15, -0.1) is 0 Å². The Kier molecular flexibility index (Phi) is 3.85. The Morgan fingerprint density at radius 1 is 1.56 bits per heavy atom. The van der Waals surface area contributed by atoms with Crippen molar-refractivity contribution in [3.05, 3.63) is 17.5 Å². The standard InChI is InChI=1S/C14H23N3O/c1-4-11-8-12(17(3)16-11)9-13(18)14(5-2)6-7-15-10-14/h8,15H,4-7,9-10H2,1-3H3. The van der Waals surface area contributed by atoms with Crippen LogP contribution in [0.1, 0.15) is 38.1 Å². The smallest absolute Gasteiger partial charge is 0.146 e. The van der Waals surface area contributed by atoms with Gasteiger partial charge in [0, 0.05) is 31.1 Å². The molecular weight excluding hydrogens is 226 g/mol. The van der Waals surface area contributed by atoms with Gasteiger partial charge in [-0.05, 0) is 31.9 Å². The fourth-order valence-electron chi connectivity index (χ4n) is 2.74. The van der Waals surface area contributed by atoms with Gasteiger partial charge in [0.25, 0.3) is 0 Å². The molecule has 1 fully saturated rings. The van der Waals surface area contributed by atoms with E-state index in [9.17, 15) is 4.79 Å². The van der Waals surface area contributed by atoms with Crippen molar-refractivity contribution in [3.8, 4) is 0 Å². The molecule has 1 unspecified atom stereocenters. The Bertz CT molecular complexity index is 430. The number of rotatable bonds is 5. The first-order valence-corrected chi connectivity index (χ1v) is 6.87. The molecule has 1 aromatic heterocycles. The lowest BCUT2D eigenvalue weighted by molar-refractivity contribution is -0.127. The molecule has 4 heteroatoms. The van der Waals surface area contributed by atoms with Crippen LogP contribution in [0.2, 0.25) is 0 Å². The first kappa shape index (κ1) is 13.3. The maximum absolute atomic E-state index is 12.5. The van der Waals surface area contributed by atoms with Crippen LogP contribution >= 0.6 is 0 Å². The number of Topliss-reactive ketones (excluding diaryl/α,β-unsaturated/α-hetero) is 1. The highest BCUT2D eigenvalue weighted by molar-refractivity contribution is 5.87. The zero-order chi connectivity index (χ0) is 13.2. The summed E-state index contributed by atoms with van der Waals surface area (Å²) in [5, 5.41) is 7.72. The van der Waals surface area contributed by atoms with Gasteiger partial charge in [0.05, 0.1) is 5.69 Å². The van der Waals surface area contributed by atoms with Gasteiger partial charge in [-0.1, -0.05) is 13.8 Å². The largest absolute Gasteiger partial charge is 0.316 e. The highest BCUT2D eigenvalue weighted by Gasteiger charge is 2.39. The summed E-state index contributed by atoms with van der Waals surface area (Å²) in [5.74, 6) is 0.362. The van der Waals surface area contributed by atoms with Crippen LogP contribution in [0.15, 0.2) is 6.07 Å². The predicted octanol–water partition coefficient (Wildman–Crippen LogP) is 1.48. The maximum atomic E-state index is 12.5. The number of hydrogen-bond donors (Lipinski definition) is 1. The number of hydrogen-bond acceptors (Lipinski definition) is 3. The Labute approximate surface area is 109 Å². The molecule has 0 spiro atoms. The number of nitrogens with one attached hydrogen (secondary N) is 1. The predicted molar refractivity (Wildman–Crippen MR) is 71.5 cm³/mol. The lowest BCUT2D eigenvalue weighted by Gasteiger charge is -2.24. The van der Waals surface area contributed by atoms with Crippen molar-refractivity contribution < 1.29 is 4.79 Å². The van der Waals surface area contributed by atoms with E-state index in [-0.39, 0.29) is 5.41 Å². The minimum absolute atomic E-state index is 0.142. The zero-order valence-corrected chi connectivity index (χ0v) is 11.6. The van der Waals surface area contributed by atoms with Crippen LogP contribution in [0.5, 0.6) is 0 Å². The van der Waals surface area contributed by atoms with Gasteiger partial charge in [0.1, 0.15) is 5.78 Å². The van der Waals surface area contributed by atoms with Gasteiger partial charge in [-0.2, -0.15) is 5.10 Å². The molecule has 0 bridgehead atoms. The Morgan fingerprint density at radius 3 is 2.83 bits per heavy atom. The fraction of sp³-hybridized carbons (Fsp3) is 0.714. The fourth-order valence-corrected chi connectivity index (χ4v) is 2.74. The first-order valence-electron chi connectivity index (χ1n) is 6.87. The molecule has 0 saturated carbocycles. The molecule has 0 aliphatic carbocycles. The SMILES string of the molecule is CCc1cc(CC(=O)C2(CC)CCNC2)n(C)n1. The van der Waals surface area contributed by atoms with E-state index in [1.165, 1.54) is 0 Å². The van der Waals surface area contributed by atoms with E-state index in [1.54, 1.807) is 0 Å². The highest BCUT2D eigenvalue weighted by atomic mass is 16.1. The van der Waals surface area contributed by atoms with E-state index in [2.05, 4.69) is 30.3 Å². The van der Waals surface area contributed by atoms with Crippen molar-refractivity contribution in [2.45, 2.75) is 39.5 Å². The Morgan fingerprint density at radius 2 is 2.33 bits per heavy atom. The molecule has 1 aromatic rings.